The third-order valence-electron chi connectivity index (χ3n) is 2.70. The minimum Gasteiger partial charge on any atom is -0.346 e. The van der Waals surface area contributed by atoms with Crippen LogP contribution < -0.4 is 11.1 Å². The van der Waals surface area contributed by atoms with E-state index < -0.39 is 5.54 Å². The van der Waals surface area contributed by atoms with E-state index in [-0.39, 0.29) is 5.91 Å². The maximum Gasteiger partial charge on any atom is 0.255 e. The number of carbonyl (C=O) groups excluding carboxylic acids is 1. The third kappa shape index (κ3) is 2.41. The molecule has 1 amide bonds. The third-order valence-corrected chi connectivity index (χ3v) is 2.70. The molecule has 5 nitrogen and oxygen atoms in total. The fourth-order valence-corrected chi connectivity index (χ4v) is 1.52. The van der Waals surface area contributed by atoms with Crippen LogP contribution in [0.25, 0.3) is 0 Å². The van der Waals surface area contributed by atoms with Gasteiger partial charge in [0.2, 0.25) is 0 Å². The number of hydrogen-bond donors (Lipinski definition) is 2. The van der Waals surface area contributed by atoms with E-state index in [4.69, 9.17) is 5.73 Å². The Labute approximate surface area is 96.0 Å². The molecule has 0 saturated carbocycles. The molecule has 90 valence electrons. The monoisotopic (exact) mass is 224 g/mol. The van der Waals surface area contributed by atoms with Crippen LogP contribution in [-0.2, 0) is 7.05 Å². The van der Waals surface area contributed by atoms with Gasteiger partial charge in [-0.3, -0.25) is 9.48 Å². The zero-order chi connectivity index (χ0) is 12.5. The van der Waals surface area contributed by atoms with Crippen molar-refractivity contribution in [2.45, 2.75) is 33.2 Å². The molecule has 0 aromatic carbocycles. The van der Waals surface area contributed by atoms with Gasteiger partial charge in [0.1, 0.15) is 0 Å². The smallest absolute Gasteiger partial charge is 0.255 e. The summed E-state index contributed by atoms with van der Waals surface area (Å²) >= 11 is 0. The lowest BCUT2D eigenvalue weighted by Crippen LogP contribution is -2.49. The summed E-state index contributed by atoms with van der Waals surface area (Å²) in [6.45, 7) is 7.90. The summed E-state index contributed by atoms with van der Waals surface area (Å²) in [6.07, 6.45) is 0. The molecule has 0 aliphatic heterocycles. The second kappa shape index (κ2) is 4.25. The lowest BCUT2D eigenvalue weighted by molar-refractivity contribution is 0.0914. The van der Waals surface area contributed by atoms with E-state index in [1.165, 1.54) is 0 Å². The van der Waals surface area contributed by atoms with E-state index >= 15 is 0 Å². The molecule has 3 N–H and O–H groups in total. The highest BCUT2D eigenvalue weighted by Crippen LogP contribution is 2.13. The van der Waals surface area contributed by atoms with E-state index in [0.717, 1.165) is 11.4 Å². The van der Waals surface area contributed by atoms with Crippen molar-refractivity contribution in [3.8, 4) is 0 Å². The summed E-state index contributed by atoms with van der Waals surface area (Å²) in [7, 11) is 1.83. The SMILES string of the molecule is Cc1nn(C)c(C)c1C(=O)NC(C)(C)CN. The van der Waals surface area contributed by atoms with Gasteiger partial charge in [-0.1, -0.05) is 0 Å². The Morgan fingerprint density at radius 1 is 1.50 bits per heavy atom. The number of rotatable bonds is 3. The Balaban J connectivity index is 2.98. The number of carbonyl (C=O) groups is 1. The van der Waals surface area contributed by atoms with Gasteiger partial charge in [0, 0.05) is 24.8 Å². The van der Waals surface area contributed by atoms with Crippen molar-refractivity contribution in [2.75, 3.05) is 6.54 Å². The summed E-state index contributed by atoms with van der Waals surface area (Å²) in [4.78, 5) is 12.1. The molecular formula is C11H20N4O. The minimum atomic E-state index is -0.397. The summed E-state index contributed by atoms with van der Waals surface area (Å²) in [5.74, 6) is -0.112. The topological polar surface area (TPSA) is 72.9 Å². The van der Waals surface area contributed by atoms with Gasteiger partial charge in [-0.25, -0.2) is 0 Å². The van der Waals surface area contributed by atoms with Crippen molar-refractivity contribution >= 4 is 5.91 Å². The fourth-order valence-electron chi connectivity index (χ4n) is 1.52. The Morgan fingerprint density at radius 2 is 2.06 bits per heavy atom. The predicted molar refractivity (Wildman–Crippen MR) is 63.3 cm³/mol. The molecule has 5 heteroatoms. The molecule has 0 aliphatic rings. The maximum atomic E-state index is 12.1. The van der Waals surface area contributed by atoms with Crippen LogP contribution in [0.2, 0.25) is 0 Å². The highest BCUT2D eigenvalue weighted by Gasteiger charge is 2.23. The summed E-state index contributed by atoms with van der Waals surface area (Å²) in [5, 5.41) is 7.11. The van der Waals surface area contributed by atoms with Gasteiger partial charge in [0.15, 0.2) is 0 Å². The standard InChI is InChI=1S/C11H20N4O/c1-7-9(8(2)15(5)14-7)10(16)13-11(3,4)6-12/h6,12H2,1-5H3,(H,13,16). The summed E-state index contributed by atoms with van der Waals surface area (Å²) in [5.41, 5.74) is 7.43. The largest absolute Gasteiger partial charge is 0.346 e. The molecule has 1 aromatic heterocycles. The lowest BCUT2D eigenvalue weighted by atomic mass is 10.0. The van der Waals surface area contributed by atoms with Crippen LogP contribution in [0, 0.1) is 13.8 Å². The van der Waals surface area contributed by atoms with E-state index in [1.807, 2.05) is 34.7 Å². The maximum absolute atomic E-state index is 12.1. The van der Waals surface area contributed by atoms with Gasteiger partial charge in [0.05, 0.1) is 11.3 Å². The molecule has 1 rings (SSSR count). The number of amides is 1. The van der Waals surface area contributed by atoms with Gasteiger partial charge in [-0.15, -0.1) is 0 Å². The number of nitrogens with zero attached hydrogens (tertiary/aromatic N) is 2. The van der Waals surface area contributed by atoms with E-state index in [1.54, 1.807) is 4.68 Å². The molecule has 1 heterocycles. The van der Waals surface area contributed by atoms with Gasteiger partial charge in [-0.2, -0.15) is 5.10 Å². The van der Waals surface area contributed by atoms with Crippen LogP contribution in [0.4, 0.5) is 0 Å². The second-order valence-electron chi connectivity index (χ2n) is 4.71. The minimum absolute atomic E-state index is 0.112. The molecule has 0 bridgehead atoms. The molecule has 0 aliphatic carbocycles. The van der Waals surface area contributed by atoms with Crippen LogP contribution in [0.1, 0.15) is 35.6 Å². The van der Waals surface area contributed by atoms with E-state index in [0.29, 0.717) is 12.1 Å². The molecule has 0 radical (unpaired) electrons. The fraction of sp³-hybridized carbons (Fsp3) is 0.636. The average molecular weight is 224 g/mol. The van der Waals surface area contributed by atoms with E-state index in [2.05, 4.69) is 10.4 Å². The molecule has 0 atom stereocenters. The highest BCUT2D eigenvalue weighted by molar-refractivity contribution is 5.96. The van der Waals surface area contributed by atoms with Crippen molar-refractivity contribution in [1.29, 1.82) is 0 Å². The van der Waals surface area contributed by atoms with Crippen molar-refractivity contribution < 1.29 is 4.79 Å². The number of aryl methyl sites for hydroxylation is 2. The Hall–Kier alpha value is -1.36. The number of nitrogens with two attached hydrogens (primary N) is 1. The zero-order valence-corrected chi connectivity index (χ0v) is 10.6. The number of aromatic nitrogens is 2. The molecule has 16 heavy (non-hydrogen) atoms. The van der Waals surface area contributed by atoms with Crippen LogP contribution in [0.15, 0.2) is 0 Å². The highest BCUT2D eigenvalue weighted by atomic mass is 16.1. The van der Waals surface area contributed by atoms with Crippen molar-refractivity contribution in [2.24, 2.45) is 12.8 Å². The van der Waals surface area contributed by atoms with E-state index in [9.17, 15) is 4.79 Å². The Kier molecular flexibility index (Phi) is 3.38. The normalized spacial score (nSPS) is 11.6. The molecule has 0 saturated heterocycles. The van der Waals surface area contributed by atoms with Crippen LogP contribution in [0.5, 0.6) is 0 Å². The van der Waals surface area contributed by atoms with Gasteiger partial charge in [0.25, 0.3) is 5.91 Å². The lowest BCUT2D eigenvalue weighted by Gasteiger charge is -2.24. The quantitative estimate of drug-likeness (QED) is 0.785. The van der Waals surface area contributed by atoms with Crippen LogP contribution in [0.3, 0.4) is 0 Å². The van der Waals surface area contributed by atoms with Crippen LogP contribution in [-0.4, -0.2) is 27.8 Å². The summed E-state index contributed by atoms with van der Waals surface area (Å²) in [6, 6.07) is 0. The van der Waals surface area contributed by atoms with Crippen molar-refractivity contribution in [3.05, 3.63) is 17.0 Å². The molecule has 0 unspecified atom stereocenters. The number of hydrogen-bond acceptors (Lipinski definition) is 3. The molecule has 1 aromatic rings. The summed E-state index contributed by atoms with van der Waals surface area (Å²) < 4.78 is 1.71. The molecular weight excluding hydrogens is 204 g/mol. The first-order chi connectivity index (χ1) is 7.28. The Bertz CT molecular complexity index is 406. The second-order valence-corrected chi connectivity index (χ2v) is 4.71. The van der Waals surface area contributed by atoms with Gasteiger partial charge < -0.3 is 11.1 Å². The molecule has 0 fully saturated rings. The number of nitrogens with one attached hydrogen (secondary N) is 1. The first kappa shape index (κ1) is 12.7. The average Bonchev–Trinajstić information content (AvgIpc) is 2.40. The zero-order valence-electron chi connectivity index (χ0n) is 10.6. The predicted octanol–water partition coefficient (Wildman–Crippen LogP) is 0.504. The van der Waals surface area contributed by atoms with Crippen molar-refractivity contribution in [3.63, 3.8) is 0 Å². The van der Waals surface area contributed by atoms with Crippen molar-refractivity contribution in [1.82, 2.24) is 15.1 Å². The first-order valence-electron chi connectivity index (χ1n) is 5.31. The van der Waals surface area contributed by atoms with Gasteiger partial charge >= 0.3 is 0 Å². The Morgan fingerprint density at radius 3 is 2.44 bits per heavy atom. The molecule has 0 spiro atoms. The first-order valence-corrected chi connectivity index (χ1v) is 5.31. The van der Waals surface area contributed by atoms with Gasteiger partial charge in [-0.05, 0) is 27.7 Å². The van der Waals surface area contributed by atoms with Crippen LogP contribution >= 0.6 is 0 Å².